The number of hydrogen-bond donors (Lipinski definition) is 1. The molecule has 0 aliphatic heterocycles. The van der Waals surface area contributed by atoms with Crippen molar-refractivity contribution in [3.8, 4) is 0 Å². The van der Waals surface area contributed by atoms with Crippen molar-refractivity contribution in [2.24, 2.45) is 7.05 Å². The van der Waals surface area contributed by atoms with Gasteiger partial charge in [0.05, 0.1) is 28.3 Å². The van der Waals surface area contributed by atoms with Crippen LogP contribution < -0.4 is 5.32 Å². The van der Waals surface area contributed by atoms with Gasteiger partial charge in [-0.15, -0.1) is 11.3 Å². The van der Waals surface area contributed by atoms with Crippen molar-refractivity contribution in [2.75, 3.05) is 6.54 Å². The molecule has 0 amide bonds. The van der Waals surface area contributed by atoms with Gasteiger partial charge in [-0.1, -0.05) is 12.1 Å². The van der Waals surface area contributed by atoms with Crippen molar-refractivity contribution < 1.29 is 0 Å². The van der Waals surface area contributed by atoms with Crippen LogP contribution in [-0.2, 0) is 13.5 Å². The van der Waals surface area contributed by atoms with Gasteiger partial charge < -0.3 is 9.88 Å². The monoisotopic (exact) mass is 286 g/mol. The summed E-state index contributed by atoms with van der Waals surface area (Å²) < 4.78 is 2.16. The summed E-state index contributed by atoms with van der Waals surface area (Å²) in [4.78, 5) is 9.01. The highest BCUT2D eigenvalue weighted by atomic mass is 32.1. The Kier molecular flexibility index (Phi) is 3.80. The average molecular weight is 286 g/mol. The van der Waals surface area contributed by atoms with Crippen molar-refractivity contribution in [3.05, 3.63) is 46.7 Å². The lowest BCUT2D eigenvalue weighted by atomic mass is 10.3. The smallest absolute Gasteiger partial charge is 0.126 e. The van der Waals surface area contributed by atoms with E-state index in [2.05, 4.69) is 46.4 Å². The van der Waals surface area contributed by atoms with Crippen LogP contribution in [-0.4, -0.2) is 21.1 Å². The highest BCUT2D eigenvalue weighted by Crippen LogP contribution is 2.19. The molecule has 5 heteroatoms. The third-order valence-electron chi connectivity index (χ3n) is 3.52. The minimum atomic E-state index is 0.228. The number of hydrogen-bond acceptors (Lipinski definition) is 4. The molecule has 0 radical (unpaired) electrons. The van der Waals surface area contributed by atoms with Crippen LogP contribution in [0, 0.1) is 0 Å². The predicted molar refractivity (Wildman–Crippen MR) is 82.9 cm³/mol. The van der Waals surface area contributed by atoms with E-state index < -0.39 is 0 Å². The summed E-state index contributed by atoms with van der Waals surface area (Å²) in [6.45, 7) is 3.07. The molecule has 2 heterocycles. The molecule has 3 rings (SSSR count). The van der Waals surface area contributed by atoms with Crippen LogP contribution in [0.1, 0.15) is 24.5 Å². The zero-order valence-electron chi connectivity index (χ0n) is 11.7. The Morgan fingerprint density at radius 2 is 2.20 bits per heavy atom. The van der Waals surface area contributed by atoms with E-state index in [1.54, 1.807) is 11.3 Å². The molecule has 1 unspecified atom stereocenters. The molecule has 1 aromatic carbocycles. The van der Waals surface area contributed by atoms with E-state index in [0.717, 1.165) is 30.0 Å². The van der Waals surface area contributed by atoms with Crippen molar-refractivity contribution in [1.29, 1.82) is 0 Å². The van der Waals surface area contributed by atoms with Gasteiger partial charge in [0.1, 0.15) is 5.82 Å². The van der Waals surface area contributed by atoms with E-state index in [0.29, 0.717) is 0 Å². The third-order valence-corrected chi connectivity index (χ3v) is 4.16. The highest BCUT2D eigenvalue weighted by molar-refractivity contribution is 7.07. The average Bonchev–Trinajstić information content (AvgIpc) is 3.08. The number of nitrogens with zero attached hydrogens (tertiary/aromatic N) is 3. The normalized spacial score (nSPS) is 12.9. The summed E-state index contributed by atoms with van der Waals surface area (Å²) in [7, 11) is 2.07. The Bertz CT molecular complexity index is 687. The summed E-state index contributed by atoms with van der Waals surface area (Å²) in [6, 6.07) is 8.47. The van der Waals surface area contributed by atoms with Gasteiger partial charge in [-0.3, -0.25) is 0 Å². The van der Waals surface area contributed by atoms with Crippen molar-refractivity contribution in [3.63, 3.8) is 0 Å². The second-order valence-corrected chi connectivity index (χ2v) is 5.64. The van der Waals surface area contributed by atoms with Crippen LogP contribution in [0.2, 0.25) is 0 Å². The molecule has 0 bridgehead atoms. The van der Waals surface area contributed by atoms with Crippen LogP contribution in [0.5, 0.6) is 0 Å². The van der Waals surface area contributed by atoms with E-state index in [1.807, 2.05) is 17.6 Å². The van der Waals surface area contributed by atoms with Gasteiger partial charge in [0.2, 0.25) is 0 Å². The van der Waals surface area contributed by atoms with E-state index in [1.165, 1.54) is 5.52 Å². The molecule has 1 N–H and O–H groups in total. The van der Waals surface area contributed by atoms with Gasteiger partial charge in [-0.25, -0.2) is 9.97 Å². The minimum absolute atomic E-state index is 0.228. The van der Waals surface area contributed by atoms with Gasteiger partial charge in [0, 0.05) is 25.4 Å². The Hall–Kier alpha value is -1.72. The number of nitrogens with one attached hydrogen (secondary N) is 1. The molecular weight excluding hydrogens is 268 g/mol. The Morgan fingerprint density at radius 1 is 1.35 bits per heavy atom. The van der Waals surface area contributed by atoms with Gasteiger partial charge in [-0.2, -0.15) is 0 Å². The fourth-order valence-electron chi connectivity index (χ4n) is 2.42. The van der Waals surface area contributed by atoms with Gasteiger partial charge in [0.25, 0.3) is 0 Å². The zero-order chi connectivity index (χ0) is 13.9. The molecular formula is C15H18N4S. The SMILES string of the molecule is CC(NCCc1cscn1)c1nc2ccccc2n1C. The lowest BCUT2D eigenvalue weighted by molar-refractivity contribution is 0.534. The molecule has 4 nitrogen and oxygen atoms in total. The molecule has 3 aromatic rings. The van der Waals surface area contributed by atoms with Crippen LogP contribution >= 0.6 is 11.3 Å². The lowest BCUT2D eigenvalue weighted by Gasteiger charge is -2.13. The lowest BCUT2D eigenvalue weighted by Crippen LogP contribution is -2.23. The van der Waals surface area contributed by atoms with Gasteiger partial charge in [0.15, 0.2) is 0 Å². The molecule has 0 saturated carbocycles. The van der Waals surface area contributed by atoms with Gasteiger partial charge in [-0.05, 0) is 19.1 Å². The largest absolute Gasteiger partial charge is 0.330 e. The molecule has 0 spiro atoms. The maximum Gasteiger partial charge on any atom is 0.126 e. The van der Waals surface area contributed by atoms with Gasteiger partial charge >= 0.3 is 0 Å². The number of aryl methyl sites for hydroxylation is 1. The first-order valence-electron chi connectivity index (χ1n) is 6.77. The number of benzene rings is 1. The highest BCUT2D eigenvalue weighted by Gasteiger charge is 2.13. The van der Waals surface area contributed by atoms with Crippen LogP contribution in [0.3, 0.4) is 0 Å². The third kappa shape index (κ3) is 2.59. The molecule has 0 aliphatic carbocycles. The fourth-order valence-corrected chi connectivity index (χ4v) is 3.01. The van der Waals surface area contributed by atoms with Crippen molar-refractivity contribution in [2.45, 2.75) is 19.4 Å². The second kappa shape index (κ2) is 5.73. The molecule has 2 aromatic heterocycles. The molecule has 0 saturated heterocycles. The summed E-state index contributed by atoms with van der Waals surface area (Å²) in [5.41, 5.74) is 5.26. The van der Waals surface area contributed by atoms with Crippen LogP contribution in [0.25, 0.3) is 11.0 Å². The fraction of sp³-hybridized carbons (Fsp3) is 0.333. The second-order valence-electron chi connectivity index (χ2n) is 4.92. The van der Waals surface area contributed by atoms with Crippen LogP contribution in [0.15, 0.2) is 35.2 Å². The number of para-hydroxylation sites is 2. The Labute approximate surface area is 122 Å². The van der Waals surface area contributed by atoms with E-state index >= 15 is 0 Å². The maximum absolute atomic E-state index is 4.71. The molecule has 0 fully saturated rings. The molecule has 20 heavy (non-hydrogen) atoms. The molecule has 0 aliphatic rings. The maximum atomic E-state index is 4.71. The van der Waals surface area contributed by atoms with E-state index in [-0.39, 0.29) is 6.04 Å². The number of imidazole rings is 1. The first kappa shape index (κ1) is 13.3. The molecule has 1 atom stereocenters. The summed E-state index contributed by atoms with van der Waals surface area (Å²) >= 11 is 1.64. The quantitative estimate of drug-likeness (QED) is 0.784. The molecule has 104 valence electrons. The topological polar surface area (TPSA) is 42.7 Å². The summed E-state index contributed by atoms with van der Waals surface area (Å²) in [6.07, 6.45) is 0.956. The van der Waals surface area contributed by atoms with Crippen molar-refractivity contribution in [1.82, 2.24) is 19.9 Å². The number of aromatic nitrogens is 3. The number of fused-ring (bicyclic) bond motifs is 1. The first-order chi connectivity index (χ1) is 9.75. The minimum Gasteiger partial charge on any atom is -0.330 e. The predicted octanol–water partition coefficient (Wildman–Crippen LogP) is 2.92. The summed E-state index contributed by atoms with van der Waals surface area (Å²) in [5, 5.41) is 5.62. The summed E-state index contributed by atoms with van der Waals surface area (Å²) in [5.74, 6) is 1.07. The van der Waals surface area contributed by atoms with E-state index in [9.17, 15) is 0 Å². The Morgan fingerprint density at radius 3 is 2.95 bits per heavy atom. The van der Waals surface area contributed by atoms with Crippen LogP contribution in [0.4, 0.5) is 0 Å². The number of thiazole rings is 1. The van der Waals surface area contributed by atoms with E-state index in [4.69, 9.17) is 4.98 Å². The standard InChI is InChI=1S/C15H18N4S/c1-11(16-8-7-12-9-20-10-17-12)15-18-13-5-3-4-6-14(13)19(15)2/h3-6,9-11,16H,7-8H2,1-2H3. The Balaban J connectivity index is 1.69. The first-order valence-corrected chi connectivity index (χ1v) is 7.72. The van der Waals surface area contributed by atoms with Crippen molar-refractivity contribution >= 4 is 22.4 Å². The zero-order valence-corrected chi connectivity index (χ0v) is 12.5. The number of rotatable bonds is 5.